The van der Waals surface area contributed by atoms with Crippen LogP contribution < -0.4 is 0 Å². The molecule has 0 aromatic heterocycles. The second-order valence-corrected chi connectivity index (χ2v) is 5.46. The van der Waals surface area contributed by atoms with E-state index in [4.69, 9.17) is 33.2 Å². The third-order valence-electron chi connectivity index (χ3n) is 2.53. The van der Waals surface area contributed by atoms with Crippen molar-refractivity contribution in [3.63, 3.8) is 0 Å². The summed E-state index contributed by atoms with van der Waals surface area (Å²) in [6.07, 6.45) is 0.732. The molecule has 1 unspecified atom stereocenters. The van der Waals surface area contributed by atoms with Gasteiger partial charge in [-0.1, -0.05) is 23.2 Å². The van der Waals surface area contributed by atoms with Crippen LogP contribution in [0.5, 0.6) is 0 Å². The minimum absolute atomic E-state index is 0.00594. The van der Waals surface area contributed by atoms with Gasteiger partial charge in [0.2, 0.25) is 0 Å². The van der Waals surface area contributed by atoms with Crippen LogP contribution in [0, 0.1) is 17.2 Å². The first-order chi connectivity index (χ1) is 10.8. The van der Waals surface area contributed by atoms with Crippen molar-refractivity contribution in [3.8, 4) is 6.07 Å². The summed E-state index contributed by atoms with van der Waals surface area (Å²) in [7, 11) is 1.20. The molecule has 0 saturated carbocycles. The Bertz CT molecular complexity index is 681. The molecule has 0 heterocycles. The van der Waals surface area contributed by atoms with E-state index in [1.165, 1.54) is 19.2 Å². The highest BCUT2D eigenvalue weighted by molar-refractivity contribution is 6.38. The van der Waals surface area contributed by atoms with Gasteiger partial charge in [-0.2, -0.15) is 5.26 Å². The standard InChI is InChI=1S/C15H14Cl2N2O4/c1-8(2)23-14(20)9(6-18)7-19-12-5-10(16)4-11(13(12)17)15(21)22-3/h4-5,7-9H,1-3H3. The Balaban J connectivity index is 3.12. The van der Waals surface area contributed by atoms with E-state index in [0.29, 0.717) is 0 Å². The molecule has 0 radical (unpaired) electrons. The maximum atomic E-state index is 11.7. The first-order valence-corrected chi connectivity index (χ1v) is 7.27. The van der Waals surface area contributed by atoms with Crippen molar-refractivity contribution >= 4 is 47.0 Å². The molecule has 0 N–H and O–H groups in total. The summed E-state index contributed by atoms with van der Waals surface area (Å²) in [5.74, 6) is -2.60. The Morgan fingerprint density at radius 2 is 2.00 bits per heavy atom. The van der Waals surface area contributed by atoms with Gasteiger partial charge in [-0.05, 0) is 26.0 Å². The average Bonchev–Trinajstić information content (AvgIpc) is 2.49. The zero-order chi connectivity index (χ0) is 17.6. The van der Waals surface area contributed by atoms with Crippen molar-refractivity contribution in [3.05, 3.63) is 27.7 Å². The summed E-state index contributed by atoms with van der Waals surface area (Å²) in [5, 5.41) is 9.23. The largest absolute Gasteiger partial charge is 0.465 e. The van der Waals surface area contributed by atoms with E-state index in [1.54, 1.807) is 19.9 Å². The van der Waals surface area contributed by atoms with Crippen molar-refractivity contribution in [2.45, 2.75) is 20.0 Å². The quantitative estimate of drug-likeness (QED) is 0.594. The number of methoxy groups -OCH3 is 1. The predicted octanol–water partition coefficient (Wildman–Crippen LogP) is 3.57. The third-order valence-corrected chi connectivity index (χ3v) is 3.15. The van der Waals surface area contributed by atoms with Crippen LogP contribution in [0.3, 0.4) is 0 Å². The minimum Gasteiger partial charge on any atom is -0.465 e. The van der Waals surface area contributed by atoms with Crippen LogP contribution >= 0.6 is 23.2 Å². The number of carbonyl (C=O) groups excluding carboxylic acids is 2. The molecular weight excluding hydrogens is 343 g/mol. The molecule has 0 spiro atoms. The van der Waals surface area contributed by atoms with Gasteiger partial charge in [0, 0.05) is 11.2 Å². The zero-order valence-corrected chi connectivity index (χ0v) is 14.2. The fourth-order valence-electron chi connectivity index (χ4n) is 1.53. The molecule has 1 atom stereocenters. The SMILES string of the molecule is COC(=O)c1cc(Cl)cc(N=CC(C#N)C(=O)OC(C)C)c1Cl. The molecule has 1 aromatic carbocycles. The Morgan fingerprint density at radius 3 is 2.52 bits per heavy atom. The van der Waals surface area contributed by atoms with Crippen LogP contribution in [0.1, 0.15) is 24.2 Å². The molecule has 0 amide bonds. The lowest BCUT2D eigenvalue weighted by molar-refractivity contribution is -0.148. The van der Waals surface area contributed by atoms with Crippen LogP contribution in [0.2, 0.25) is 10.0 Å². The van der Waals surface area contributed by atoms with E-state index in [9.17, 15) is 9.59 Å². The number of halogens is 2. The number of nitrogens with zero attached hydrogens (tertiary/aromatic N) is 2. The third kappa shape index (κ3) is 5.23. The average molecular weight is 357 g/mol. The summed E-state index contributed by atoms with van der Waals surface area (Å²) in [5.41, 5.74) is 0.171. The van der Waals surface area contributed by atoms with Gasteiger partial charge in [0.1, 0.15) is 0 Å². The van der Waals surface area contributed by atoms with Crippen molar-refractivity contribution < 1.29 is 19.1 Å². The maximum absolute atomic E-state index is 11.7. The molecule has 8 heteroatoms. The Kier molecular flexibility index (Phi) is 7.01. The molecule has 1 aromatic rings. The van der Waals surface area contributed by atoms with Crippen LogP contribution in [-0.4, -0.2) is 31.4 Å². The van der Waals surface area contributed by atoms with Crippen LogP contribution in [0.25, 0.3) is 0 Å². The molecular formula is C15H14Cl2N2O4. The van der Waals surface area contributed by atoms with Crippen molar-refractivity contribution in [2.75, 3.05) is 7.11 Å². The number of hydrogen-bond donors (Lipinski definition) is 0. The number of hydrogen-bond acceptors (Lipinski definition) is 6. The molecule has 122 valence electrons. The van der Waals surface area contributed by atoms with Crippen molar-refractivity contribution in [2.24, 2.45) is 10.9 Å². The summed E-state index contributed by atoms with van der Waals surface area (Å²) < 4.78 is 9.53. The summed E-state index contributed by atoms with van der Waals surface area (Å²) >= 11 is 12.0. The van der Waals surface area contributed by atoms with Gasteiger partial charge >= 0.3 is 11.9 Å². The number of nitriles is 1. The van der Waals surface area contributed by atoms with E-state index in [2.05, 4.69) is 9.73 Å². The number of esters is 2. The summed E-state index contributed by atoms with van der Waals surface area (Å²) in [6.45, 7) is 3.33. The van der Waals surface area contributed by atoms with E-state index in [0.717, 1.165) is 6.21 Å². The molecule has 1 rings (SSSR count). The second-order valence-electron chi connectivity index (χ2n) is 4.65. The normalized spacial score (nSPS) is 12.0. The maximum Gasteiger partial charge on any atom is 0.339 e. The van der Waals surface area contributed by atoms with E-state index in [1.807, 2.05) is 0 Å². The highest BCUT2D eigenvalue weighted by atomic mass is 35.5. The molecule has 0 aliphatic heterocycles. The van der Waals surface area contributed by atoms with Gasteiger partial charge < -0.3 is 9.47 Å². The van der Waals surface area contributed by atoms with E-state index in [-0.39, 0.29) is 27.4 Å². The lowest BCUT2D eigenvalue weighted by Crippen LogP contribution is -2.20. The number of aliphatic imine (C=N–C) groups is 1. The molecule has 0 bridgehead atoms. The summed E-state index contributed by atoms with van der Waals surface area (Å²) in [6, 6.07) is 4.50. The molecule has 0 aliphatic carbocycles. The second kappa shape index (κ2) is 8.51. The first kappa shape index (κ1) is 18.9. The highest BCUT2D eigenvalue weighted by Crippen LogP contribution is 2.32. The Labute approximate surface area is 143 Å². The lowest BCUT2D eigenvalue weighted by Gasteiger charge is -2.09. The molecule has 0 fully saturated rings. The van der Waals surface area contributed by atoms with E-state index < -0.39 is 17.9 Å². The number of carbonyl (C=O) groups is 2. The van der Waals surface area contributed by atoms with Gasteiger partial charge in [0.05, 0.1) is 35.6 Å². The summed E-state index contributed by atoms with van der Waals surface area (Å²) in [4.78, 5) is 27.3. The van der Waals surface area contributed by atoms with Crippen LogP contribution in [-0.2, 0) is 14.3 Å². The number of ether oxygens (including phenoxy) is 2. The zero-order valence-electron chi connectivity index (χ0n) is 12.7. The molecule has 23 heavy (non-hydrogen) atoms. The lowest BCUT2D eigenvalue weighted by atomic mass is 10.2. The van der Waals surface area contributed by atoms with E-state index >= 15 is 0 Å². The van der Waals surface area contributed by atoms with Crippen LogP contribution in [0.15, 0.2) is 17.1 Å². The van der Waals surface area contributed by atoms with Crippen molar-refractivity contribution in [1.82, 2.24) is 0 Å². The van der Waals surface area contributed by atoms with Gasteiger partial charge in [-0.3, -0.25) is 9.79 Å². The fraction of sp³-hybridized carbons (Fsp3) is 0.333. The minimum atomic E-state index is -1.20. The Morgan fingerprint density at radius 1 is 1.35 bits per heavy atom. The monoisotopic (exact) mass is 356 g/mol. The fourth-order valence-corrected chi connectivity index (χ4v) is 1.98. The first-order valence-electron chi connectivity index (χ1n) is 6.51. The van der Waals surface area contributed by atoms with Gasteiger partial charge in [-0.15, -0.1) is 0 Å². The highest BCUT2D eigenvalue weighted by Gasteiger charge is 2.20. The van der Waals surface area contributed by atoms with Gasteiger partial charge in [0.25, 0.3) is 0 Å². The van der Waals surface area contributed by atoms with Crippen molar-refractivity contribution in [1.29, 1.82) is 5.26 Å². The van der Waals surface area contributed by atoms with Gasteiger partial charge in [-0.25, -0.2) is 4.79 Å². The predicted molar refractivity (Wildman–Crippen MR) is 86.3 cm³/mol. The molecule has 0 saturated heterocycles. The topological polar surface area (TPSA) is 88.8 Å². The van der Waals surface area contributed by atoms with Crippen LogP contribution in [0.4, 0.5) is 5.69 Å². The number of rotatable bonds is 5. The molecule has 6 nitrogen and oxygen atoms in total. The Hall–Kier alpha value is -2.10. The molecule has 0 aliphatic rings. The smallest absolute Gasteiger partial charge is 0.339 e. The van der Waals surface area contributed by atoms with Gasteiger partial charge in [0.15, 0.2) is 5.92 Å². The number of benzene rings is 1.